The number of likely N-dealkylation sites (N-methyl/N-ethyl adjacent to an activating group) is 1. The van der Waals surface area contributed by atoms with E-state index in [0.29, 0.717) is 6.61 Å². The Hall–Kier alpha value is -1.38. The molecule has 0 saturated carbocycles. The molecule has 0 bridgehead atoms. The molecule has 0 radical (unpaired) electrons. The molecule has 2 amide bonds. The van der Waals surface area contributed by atoms with E-state index < -0.39 is 20.5 Å². The minimum atomic E-state index is -2.11. The van der Waals surface area contributed by atoms with Crippen molar-refractivity contribution in [1.82, 2.24) is 9.96 Å². The van der Waals surface area contributed by atoms with Crippen LogP contribution in [0, 0.1) is 0 Å². The van der Waals surface area contributed by atoms with E-state index in [9.17, 15) is 9.59 Å². The van der Waals surface area contributed by atoms with Gasteiger partial charge in [0.05, 0.1) is 20.3 Å². The van der Waals surface area contributed by atoms with Gasteiger partial charge in [-0.05, 0) is 24.6 Å². The number of ether oxygens (including phenoxy) is 1. The van der Waals surface area contributed by atoms with E-state index in [-0.39, 0.29) is 24.1 Å². The van der Waals surface area contributed by atoms with Crippen LogP contribution in [0.25, 0.3) is 0 Å². The van der Waals surface area contributed by atoms with Gasteiger partial charge in [0.1, 0.15) is 6.04 Å². The van der Waals surface area contributed by atoms with Crippen LogP contribution in [0.5, 0.6) is 0 Å². The molecule has 0 aliphatic carbocycles. The molecule has 0 saturated heterocycles. The highest BCUT2D eigenvalue weighted by Gasteiger charge is 2.40. The van der Waals surface area contributed by atoms with Crippen LogP contribution in [0.2, 0.25) is 18.1 Å². The molecule has 0 N–H and O–H groups in total. The van der Waals surface area contributed by atoms with Crippen molar-refractivity contribution in [2.75, 3.05) is 33.9 Å². The summed E-state index contributed by atoms with van der Waals surface area (Å²) in [6.07, 6.45) is 2.70. The van der Waals surface area contributed by atoms with Crippen molar-refractivity contribution in [1.29, 1.82) is 0 Å². The van der Waals surface area contributed by atoms with Crippen molar-refractivity contribution in [2.45, 2.75) is 64.7 Å². The Morgan fingerprint density at radius 1 is 1.26 bits per heavy atom. The van der Waals surface area contributed by atoms with Gasteiger partial charge in [-0.2, -0.15) is 0 Å². The van der Waals surface area contributed by atoms with Gasteiger partial charge in [0, 0.05) is 13.6 Å². The molecule has 27 heavy (non-hydrogen) atoms. The highest BCUT2D eigenvalue weighted by Crippen LogP contribution is 2.36. The third-order valence-electron chi connectivity index (χ3n) is 4.94. The maximum Gasteiger partial charge on any atom is 0.410 e. The second kappa shape index (κ2) is 11.5. The maximum absolute atomic E-state index is 12.8. The molecule has 0 rings (SSSR count). The lowest BCUT2D eigenvalue weighted by Gasteiger charge is -2.39. The standard InChI is InChI=1S/C19H38N2O5Si/c1-10-12-14-25-18(23)21(13-11-2)16(17(22)20(6)24-7)15-26-27(8,9)19(3,4)5/h11,16H,2,10,12-15H2,1,3-9H3/t16-/m1/s1. The van der Waals surface area contributed by atoms with Gasteiger partial charge in [0.15, 0.2) is 8.32 Å². The monoisotopic (exact) mass is 402 g/mol. The first kappa shape index (κ1) is 25.6. The van der Waals surface area contributed by atoms with Gasteiger partial charge < -0.3 is 9.16 Å². The topological polar surface area (TPSA) is 68.3 Å². The molecule has 158 valence electrons. The Kier molecular flexibility index (Phi) is 10.9. The van der Waals surface area contributed by atoms with Gasteiger partial charge in [0.2, 0.25) is 0 Å². The Labute approximate surface area is 165 Å². The van der Waals surface area contributed by atoms with Crippen LogP contribution in [-0.4, -0.2) is 70.2 Å². The average molecular weight is 403 g/mol. The Morgan fingerprint density at radius 2 is 1.85 bits per heavy atom. The SMILES string of the molecule is C=CCN(C(=O)OCCCC)[C@H](CO[Si](C)(C)C(C)(C)C)C(=O)N(C)OC. The Bertz CT molecular complexity index is 491. The van der Waals surface area contributed by atoms with Crippen LogP contribution in [0.15, 0.2) is 12.7 Å². The summed E-state index contributed by atoms with van der Waals surface area (Å²) in [5.41, 5.74) is 0. The number of hydroxylamine groups is 2. The van der Waals surface area contributed by atoms with E-state index >= 15 is 0 Å². The van der Waals surface area contributed by atoms with E-state index in [1.807, 2.05) is 6.92 Å². The molecule has 0 spiro atoms. The number of hydrogen-bond acceptors (Lipinski definition) is 5. The minimum absolute atomic E-state index is 0.0152. The van der Waals surface area contributed by atoms with E-state index in [4.69, 9.17) is 14.0 Å². The molecule has 0 aliphatic rings. The molecular formula is C19H38N2O5Si. The lowest BCUT2D eigenvalue weighted by atomic mass is 10.2. The van der Waals surface area contributed by atoms with Crippen LogP contribution in [0.3, 0.4) is 0 Å². The summed E-state index contributed by atoms with van der Waals surface area (Å²) >= 11 is 0. The van der Waals surface area contributed by atoms with Crippen molar-refractivity contribution in [2.24, 2.45) is 0 Å². The molecule has 8 heteroatoms. The zero-order chi connectivity index (χ0) is 21.3. The van der Waals surface area contributed by atoms with E-state index in [1.54, 1.807) is 6.08 Å². The lowest BCUT2D eigenvalue weighted by Crippen LogP contribution is -2.54. The quantitative estimate of drug-likeness (QED) is 0.227. The molecule has 0 fully saturated rings. The van der Waals surface area contributed by atoms with Crippen molar-refractivity contribution in [3.8, 4) is 0 Å². The Morgan fingerprint density at radius 3 is 2.30 bits per heavy atom. The summed E-state index contributed by atoms with van der Waals surface area (Å²) in [6.45, 7) is 16.9. The van der Waals surface area contributed by atoms with E-state index in [2.05, 4.69) is 40.4 Å². The van der Waals surface area contributed by atoms with Crippen molar-refractivity contribution < 1.29 is 23.6 Å². The van der Waals surface area contributed by atoms with Gasteiger partial charge >= 0.3 is 6.09 Å². The summed E-state index contributed by atoms with van der Waals surface area (Å²) in [5.74, 6) is -0.370. The molecular weight excluding hydrogens is 364 g/mol. The normalized spacial score (nSPS) is 13.0. The van der Waals surface area contributed by atoms with Crippen molar-refractivity contribution in [3.63, 3.8) is 0 Å². The summed E-state index contributed by atoms with van der Waals surface area (Å²) < 4.78 is 11.6. The number of rotatable bonds is 11. The zero-order valence-corrected chi connectivity index (χ0v) is 19.3. The lowest BCUT2D eigenvalue weighted by molar-refractivity contribution is -0.175. The third kappa shape index (κ3) is 8.02. The minimum Gasteiger partial charge on any atom is -0.449 e. The molecule has 0 aromatic carbocycles. The van der Waals surface area contributed by atoms with E-state index in [1.165, 1.54) is 19.1 Å². The van der Waals surface area contributed by atoms with Crippen LogP contribution in [0.1, 0.15) is 40.5 Å². The highest BCUT2D eigenvalue weighted by molar-refractivity contribution is 6.74. The van der Waals surface area contributed by atoms with E-state index in [0.717, 1.165) is 17.9 Å². The highest BCUT2D eigenvalue weighted by atomic mass is 28.4. The van der Waals surface area contributed by atoms with Gasteiger partial charge in [-0.15, -0.1) is 6.58 Å². The first-order valence-electron chi connectivity index (χ1n) is 9.42. The molecule has 7 nitrogen and oxygen atoms in total. The second-order valence-electron chi connectivity index (χ2n) is 8.01. The number of carbonyl (C=O) groups is 2. The number of unbranched alkanes of at least 4 members (excludes halogenated alkanes) is 1. The molecule has 1 atom stereocenters. The fourth-order valence-electron chi connectivity index (χ4n) is 1.95. The zero-order valence-electron chi connectivity index (χ0n) is 18.3. The molecule has 0 aromatic rings. The van der Waals surface area contributed by atoms with Crippen LogP contribution in [-0.2, 0) is 18.8 Å². The first-order chi connectivity index (χ1) is 12.4. The summed E-state index contributed by atoms with van der Waals surface area (Å²) in [4.78, 5) is 31.8. The third-order valence-corrected chi connectivity index (χ3v) is 9.44. The summed E-state index contributed by atoms with van der Waals surface area (Å²) in [5, 5.41) is 1.09. The van der Waals surface area contributed by atoms with Gasteiger partial charge in [-0.25, -0.2) is 9.86 Å². The first-order valence-corrected chi connectivity index (χ1v) is 12.3. The molecule has 0 aliphatic heterocycles. The van der Waals surface area contributed by atoms with Gasteiger partial charge in [-0.1, -0.05) is 40.2 Å². The van der Waals surface area contributed by atoms with Gasteiger partial charge in [0.25, 0.3) is 5.91 Å². The number of hydrogen-bond donors (Lipinski definition) is 0. The average Bonchev–Trinajstić information content (AvgIpc) is 2.58. The fraction of sp³-hybridized carbons (Fsp3) is 0.789. The smallest absolute Gasteiger partial charge is 0.410 e. The van der Waals surface area contributed by atoms with Crippen molar-refractivity contribution in [3.05, 3.63) is 12.7 Å². The Balaban J connectivity index is 5.54. The predicted octanol–water partition coefficient (Wildman–Crippen LogP) is 3.82. The maximum atomic E-state index is 12.8. The van der Waals surface area contributed by atoms with Crippen molar-refractivity contribution >= 4 is 20.3 Å². The molecule has 0 unspecified atom stereocenters. The number of nitrogens with zero attached hydrogens (tertiary/aromatic N) is 2. The summed E-state index contributed by atoms with van der Waals surface area (Å²) in [7, 11) is 0.804. The fourth-order valence-corrected chi connectivity index (χ4v) is 2.96. The van der Waals surface area contributed by atoms with Crippen LogP contribution in [0.4, 0.5) is 4.79 Å². The van der Waals surface area contributed by atoms with Crippen LogP contribution < -0.4 is 0 Å². The summed E-state index contributed by atoms with van der Waals surface area (Å²) in [6, 6.07) is -0.851. The molecule has 0 aromatic heterocycles. The van der Waals surface area contributed by atoms with Crippen LogP contribution >= 0.6 is 0 Å². The largest absolute Gasteiger partial charge is 0.449 e. The molecule has 0 heterocycles. The second-order valence-corrected chi connectivity index (χ2v) is 12.8. The number of carbonyl (C=O) groups excluding carboxylic acids is 2. The van der Waals surface area contributed by atoms with Gasteiger partial charge in [-0.3, -0.25) is 14.5 Å². The number of amides is 2. The predicted molar refractivity (Wildman–Crippen MR) is 110 cm³/mol.